The van der Waals surface area contributed by atoms with E-state index in [1.54, 1.807) is 12.1 Å². The van der Waals surface area contributed by atoms with Gasteiger partial charge in [-0.05, 0) is 55.4 Å². The molecule has 1 heterocycles. The molecule has 4 nitrogen and oxygen atoms in total. The second-order valence-electron chi connectivity index (χ2n) is 6.47. The van der Waals surface area contributed by atoms with E-state index < -0.39 is 0 Å². The van der Waals surface area contributed by atoms with Crippen molar-refractivity contribution in [2.24, 2.45) is 0 Å². The van der Waals surface area contributed by atoms with E-state index in [1.807, 2.05) is 30.3 Å². The highest BCUT2D eigenvalue weighted by Crippen LogP contribution is 2.21. The Hall–Kier alpha value is -1.75. The molecule has 1 amide bonds. The molecule has 3 rings (SSSR count). The van der Waals surface area contributed by atoms with Crippen LogP contribution in [0.3, 0.4) is 0 Å². The van der Waals surface area contributed by atoms with Gasteiger partial charge in [-0.1, -0.05) is 29.3 Å². The lowest BCUT2D eigenvalue weighted by Crippen LogP contribution is -2.46. The minimum absolute atomic E-state index is 0.0462. The van der Waals surface area contributed by atoms with Gasteiger partial charge in [-0.25, -0.2) is 0 Å². The number of rotatable bonds is 6. The molecule has 2 aromatic carbocycles. The summed E-state index contributed by atoms with van der Waals surface area (Å²) in [6, 6.07) is 15.2. The molecule has 138 valence electrons. The summed E-state index contributed by atoms with van der Waals surface area (Å²) in [4.78, 5) is 16.8. The summed E-state index contributed by atoms with van der Waals surface area (Å²) in [6.07, 6.45) is 1.38. The summed E-state index contributed by atoms with van der Waals surface area (Å²) in [5, 5.41) is 4.35. The molecular weight excluding hydrogens is 369 g/mol. The third-order valence-electron chi connectivity index (χ3n) is 4.55. The number of piperazine rings is 1. The van der Waals surface area contributed by atoms with Crippen molar-refractivity contribution in [1.29, 1.82) is 0 Å². The van der Waals surface area contributed by atoms with Gasteiger partial charge < -0.3 is 10.2 Å². The Morgan fingerprint density at radius 3 is 2.38 bits per heavy atom. The number of hydrogen-bond acceptors (Lipinski definition) is 3. The van der Waals surface area contributed by atoms with Crippen LogP contribution in [0.5, 0.6) is 0 Å². The van der Waals surface area contributed by atoms with Crippen LogP contribution >= 0.6 is 23.2 Å². The molecule has 0 aromatic heterocycles. The summed E-state index contributed by atoms with van der Waals surface area (Å²) >= 11 is 11.9. The van der Waals surface area contributed by atoms with Crippen LogP contribution in [0.4, 0.5) is 11.4 Å². The Balaban J connectivity index is 1.36. The number of nitrogens with one attached hydrogen (secondary N) is 1. The Bertz CT molecular complexity index is 728. The van der Waals surface area contributed by atoms with Gasteiger partial charge in [-0.15, -0.1) is 0 Å². The van der Waals surface area contributed by atoms with Gasteiger partial charge in [0.05, 0.1) is 0 Å². The Morgan fingerprint density at radius 2 is 1.69 bits per heavy atom. The van der Waals surface area contributed by atoms with Gasteiger partial charge >= 0.3 is 0 Å². The molecule has 0 atom stereocenters. The molecule has 26 heavy (non-hydrogen) atoms. The molecule has 0 spiro atoms. The maximum Gasteiger partial charge on any atom is 0.224 e. The van der Waals surface area contributed by atoms with Crippen LogP contribution in [0.1, 0.15) is 12.8 Å². The second-order valence-corrected chi connectivity index (χ2v) is 7.34. The van der Waals surface area contributed by atoms with Gasteiger partial charge in [-0.2, -0.15) is 0 Å². The molecule has 0 radical (unpaired) electrons. The van der Waals surface area contributed by atoms with E-state index in [2.05, 4.69) is 21.2 Å². The van der Waals surface area contributed by atoms with E-state index in [9.17, 15) is 4.79 Å². The zero-order chi connectivity index (χ0) is 18.4. The van der Waals surface area contributed by atoms with Crippen LogP contribution in [0, 0.1) is 0 Å². The first-order chi connectivity index (χ1) is 12.6. The van der Waals surface area contributed by atoms with Gasteiger partial charge in [0.25, 0.3) is 0 Å². The molecule has 0 saturated carbocycles. The number of benzene rings is 2. The zero-order valence-corrected chi connectivity index (χ0v) is 16.1. The SMILES string of the molecule is O=C(CCCN1CCN(c2cccc(Cl)c2)CC1)Nc1ccc(Cl)cc1. The Morgan fingerprint density at radius 1 is 0.962 bits per heavy atom. The quantitative estimate of drug-likeness (QED) is 0.785. The number of nitrogens with zero attached hydrogens (tertiary/aromatic N) is 2. The molecule has 0 aliphatic carbocycles. The van der Waals surface area contributed by atoms with Crippen LogP contribution in [0.15, 0.2) is 48.5 Å². The van der Waals surface area contributed by atoms with Crippen LogP contribution in [0.25, 0.3) is 0 Å². The molecule has 1 aliphatic rings. The normalized spacial score (nSPS) is 15.1. The van der Waals surface area contributed by atoms with Crippen molar-refractivity contribution < 1.29 is 4.79 Å². The summed E-state index contributed by atoms with van der Waals surface area (Å²) in [5.41, 5.74) is 1.97. The fourth-order valence-electron chi connectivity index (χ4n) is 3.12. The smallest absolute Gasteiger partial charge is 0.224 e. The molecule has 6 heteroatoms. The van der Waals surface area contributed by atoms with E-state index >= 15 is 0 Å². The van der Waals surface area contributed by atoms with Gasteiger partial charge in [0.1, 0.15) is 0 Å². The van der Waals surface area contributed by atoms with Crippen molar-refractivity contribution in [1.82, 2.24) is 4.90 Å². The summed E-state index contributed by atoms with van der Waals surface area (Å²) in [5.74, 6) is 0.0462. The standard InChI is InChI=1S/C20H23Cl2N3O/c21-16-6-8-18(9-7-16)23-20(26)5-2-10-24-11-13-25(14-12-24)19-4-1-3-17(22)15-19/h1,3-4,6-9,15H,2,5,10-14H2,(H,23,26). The van der Waals surface area contributed by atoms with Gasteiger partial charge in [0.15, 0.2) is 0 Å². The molecular formula is C20H23Cl2N3O. The highest BCUT2D eigenvalue weighted by atomic mass is 35.5. The molecule has 0 unspecified atom stereocenters. The number of carbonyl (C=O) groups is 1. The van der Waals surface area contributed by atoms with E-state index in [0.717, 1.165) is 49.9 Å². The monoisotopic (exact) mass is 391 g/mol. The lowest BCUT2D eigenvalue weighted by molar-refractivity contribution is -0.116. The molecule has 1 N–H and O–H groups in total. The first kappa shape index (κ1) is 19.0. The highest BCUT2D eigenvalue weighted by molar-refractivity contribution is 6.31. The van der Waals surface area contributed by atoms with Crippen LogP contribution < -0.4 is 10.2 Å². The van der Waals surface area contributed by atoms with Gasteiger partial charge in [0, 0.05) is 54.0 Å². The minimum atomic E-state index is 0.0462. The molecule has 2 aromatic rings. The van der Waals surface area contributed by atoms with E-state index in [-0.39, 0.29) is 5.91 Å². The second kappa shape index (κ2) is 9.26. The zero-order valence-electron chi connectivity index (χ0n) is 14.6. The number of anilines is 2. The lowest BCUT2D eigenvalue weighted by atomic mass is 10.2. The number of hydrogen-bond donors (Lipinski definition) is 1. The van der Waals surface area contributed by atoms with Crippen molar-refractivity contribution >= 4 is 40.5 Å². The van der Waals surface area contributed by atoms with Crippen LogP contribution in [0.2, 0.25) is 10.0 Å². The maximum atomic E-state index is 12.0. The van der Waals surface area contributed by atoms with Crippen molar-refractivity contribution in [3.63, 3.8) is 0 Å². The van der Waals surface area contributed by atoms with Gasteiger partial charge in [-0.3, -0.25) is 9.69 Å². The first-order valence-electron chi connectivity index (χ1n) is 8.88. The average Bonchev–Trinajstić information content (AvgIpc) is 2.64. The van der Waals surface area contributed by atoms with Crippen molar-refractivity contribution in [2.75, 3.05) is 42.9 Å². The summed E-state index contributed by atoms with van der Waals surface area (Å²) < 4.78 is 0. The fraction of sp³-hybridized carbons (Fsp3) is 0.350. The topological polar surface area (TPSA) is 35.6 Å². The predicted molar refractivity (Wildman–Crippen MR) is 109 cm³/mol. The third-order valence-corrected chi connectivity index (χ3v) is 5.04. The van der Waals surface area contributed by atoms with E-state index in [4.69, 9.17) is 23.2 Å². The Labute approximate surface area is 164 Å². The number of amides is 1. The predicted octanol–water partition coefficient (Wildman–Crippen LogP) is 4.53. The molecule has 1 saturated heterocycles. The van der Waals surface area contributed by atoms with Crippen molar-refractivity contribution in [3.05, 3.63) is 58.6 Å². The van der Waals surface area contributed by atoms with Crippen LogP contribution in [-0.2, 0) is 4.79 Å². The maximum absolute atomic E-state index is 12.0. The van der Waals surface area contributed by atoms with Crippen LogP contribution in [-0.4, -0.2) is 43.5 Å². The van der Waals surface area contributed by atoms with E-state index in [0.29, 0.717) is 11.4 Å². The molecule has 1 fully saturated rings. The average molecular weight is 392 g/mol. The largest absolute Gasteiger partial charge is 0.369 e. The van der Waals surface area contributed by atoms with Crippen molar-refractivity contribution in [2.45, 2.75) is 12.8 Å². The minimum Gasteiger partial charge on any atom is -0.369 e. The summed E-state index contributed by atoms with van der Waals surface area (Å²) in [6.45, 7) is 4.92. The first-order valence-corrected chi connectivity index (χ1v) is 9.64. The summed E-state index contributed by atoms with van der Waals surface area (Å²) in [7, 11) is 0. The number of carbonyl (C=O) groups excluding carboxylic acids is 1. The van der Waals surface area contributed by atoms with Gasteiger partial charge in [0.2, 0.25) is 5.91 Å². The number of halogens is 2. The van der Waals surface area contributed by atoms with Crippen molar-refractivity contribution in [3.8, 4) is 0 Å². The fourth-order valence-corrected chi connectivity index (χ4v) is 3.43. The van der Waals surface area contributed by atoms with E-state index in [1.165, 1.54) is 5.69 Å². The molecule has 1 aliphatic heterocycles. The Kier molecular flexibility index (Phi) is 6.78. The highest BCUT2D eigenvalue weighted by Gasteiger charge is 2.17. The lowest BCUT2D eigenvalue weighted by Gasteiger charge is -2.36. The third kappa shape index (κ3) is 5.63. The molecule has 0 bridgehead atoms.